The largest absolute Gasteiger partial charge is 0.474 e. The summed E-state index contributed by atoms with van der Waals surface area (Å²) in [6.07, 6.45) is 8.66. The number of rotatable bonds is 5. The molecule has 0 bridgehead atoms. The minimum Gasteiger partial charge on any atom is -0.474 e. The van der Waals surface area contributed by atoms with Gasteiger partial charge in [0.15, 0.2) is 0 Å². The van der Waals surface area contributed by atoms with E-state index in [1.165, 1.54) is 19.1 Å². The quantitative estimate of drug-likeness (QED) is 0.406. The van der Waals surface area contributed by atoms with Crippen LogP contribution in [0.25, 0.3) is 0 Å². The molecule has 1 nitrogen and oxygen atoms in total. The molecule has 0 atom stereocenters. The maximum Gasteiger partial charge on any atom is 0.0861 e. The molecule has 0 aliphatic heterocycles. The van der Waals surface area contributed by atoms with E-state index in [1.54, 1.807) is 6.26 Å². The lowest BCUT2D eigenvalue weighted by atomic mass is 10.2. The lowest BCUT2D eigenvalue weighted by Gasteiger charge is -1.88. The Hall–Kier alpha value is -0.720. The molecule has 0 fully saturated rings. The smallest absolute Gasteiger partial charge is 0.0861 e. The van der Waals surface area contributed by atoms with Crippen molar-refractivity contribution in [2.45, 2.75) is 26.2 Å². The molecule has 52 valence electrons. The fourth-order valence-electron chi connectivity index (χ4n) is 0.501. The predicted octanol–water partition coefficient (Wildman–Crippen LogP) is 2.85. The van der Waals surface area contributed by atoms with Crippen molar-refractivity contribution in [2.75, 3.05) is 0 Å². The van der Waals surface area contributed by atoms with Gasteiger partial charge in [-0.25, -0.2) is 0 Å². The Labute approximate surface area is 57.0 Å². The zero-order valence-corrected chi connectivity index (χ0v) is 5.97. The van der Waals surface area contributed by atoms with Crippen molar-refractivity contribution in [1.29, 1.82) is 0 Å². The standard InChI is InChI=1S/C8H14O/c1-3-5-6-7-8-9-4-2/h4,7-8H,2-3,5-6H2,1H3/b8-7+. The second-order valence-corrected chi connectivity index (χ2v) is 1.82. The summed E-state index contributed by atoms with van der Waals surface area (Å²) in [5.74, 6) is 0. The third-order valence-corrected chi connectivity index (χ3v) is 0.995. The molecule has 0 N–H and O–H groups in total. The Morgan fingerprint density at radius 2 is 2.33 bits per heavy atom. The van der Waals surface area contributed by atoms with Gasteiger partial charge in [0.2, 0.25) is 0 Å². The molecule has 9 heavy (non-hydrogen) atoms. The number of allylic oxidation sites excluding steroid dienone is 1. The Balaban J connectivity index is 2.94. The molecule has 0 saturated heterocycles. The maximum atomic E-state index is 4.76. The third kappa shape index (κ3) is 7.28. The summed E-state index contributed by atoms with van der Waals surface area (Å²) in [6, 6.07) is 0. The van der Waals surface area contributed by atoms with Crippen LogP contribution in [-0.2, 0) is 4.74 Å². The van der Waals surface area contributed by atoms with E-state index in [1.807, 2.05) is 6.08 Å². The highest BCUT2D eigenvalue weighted by atomic mass is 16.5. The zero-order chi connectivity index (χ0) is 6.95. The van der Waals surface area contributed by atoms with Gasteiger partial charge in [-0.3, -0.25) is 0 Å². The van der Waals surface area contributed by atoms with Gasteiger partial charge in [0.25, 0.3) is 0 Å². The molecule has 0 saturated carbocycles. The number of ether oxygens (including phenoxy) is 1. The highest BCUT2D eigenvalue weighted by molar-refractivity contribution is 4.74. The van der Waals surface area contributed by atoms with E-state index in [-0.39, 0.29) is 0 Å². The van der Waals surface area contributed by atoms with Gasteiger partial charge in [0, 0.05) is 0 Å². The first-order valence-electron chi connectivity index (χ1n) is 3.33. The Morgan fingerprint density at radius 3 is 2.89 bits per heavy atom. The van der Waals surface area contributed by atoms with Gasteiger partial charge in [-0.2, -0.15) is 0 Å². The lowest BCUT2D eigenvalue weighted by molar-refractivity contribution is 0.402. The van der Waals surface area contributed by atoms with Gasteiger partial charge in [-0.15, -0.1) is 0 Å². The Morgan fingerprint density at radius 1 is 1.56 bits per heavy atom. The molecule has 0 spiro atoms. The molecule has 0 unspecified atom stereocenters. The molecule has 1 heteroatoms. The predicted molar refractivity (Wildman–Crippen MR) is 39.9 cm³/mol. The van der Waals surface area contributed by atoms with Gasteiger partial charge in [-0.1, -0.05) is 19.9 Å². The molecular weight excluding hydrogens is 112 g/mol. The van der Waals surface area contributed by atoms with Gasteiger partial charge in [0.1, 0.15) is 0 Å². The van der Waals surface area contributed by atoms with Gasteiger partial charge in [-0.05, 0) is 18.9 Å². The molecule has 0 aromatic carbocycles. The zero-order valence-electron chi connectivity index (χ0n) is 5.97. The third-order valence-electron chi connectivity index (χ3n) is 0.995. The van der Waals surface area contributed by atoms with Crippen molar-refractivity contribution in [3.05, 3.63) is 25.2 Å². The van der Waals surface area contributed by atoms with E-state index < -0.39 is 0 Å². The molecule has 0 aromatic rings. The first-order valence-corrected chi connectivity index (χ1v) is 3.33. The number of hydrogen-bond acceptors (Lipinski definition) is 1. The minimum atomic E-state index is 1.10. The Kier molecular flexibility index (Phi) is 6.70. The molecule has 0 amide bonds. The lowest BCUT2D eigenvalue weighted by Crippen LogP contribution is -1.67. The van der Waals surface area contributed by atoms with E-state index in [4.69, 9.17) is 4.74 Å². The van der Waals surface area contributed by atoms with Crippen LogP contribution in [0.1, 0.15) is 26.2 Å². The summed E-state index contributed by atoms with van der Waals surface area (Å²) in [5.41, 5.74) is 0. The van der Waals surface area contributed by atoms with Gasteiger partial charge < -0.3 is 4.74 Å². The summed E-state index contributed by atoms with van der Waals surface area (Å²) >= 11 is 0. The van der Waals surface area contributed by atoms with Crippen molar-refractivity contribution in [1.82, 2.24) is 0 Å². The van der Waals surface area contributed by atoms with E-state index in [0.717, 1.165) is 6.42 Å². The fourth-order valence-corrected chi connectivity index (χ4v) is 0.501. The van der Waals surface area contributed by atoms with Crippen molar-refractivity contribution < 1.29 is 4.74 Å². The molecule has 0 aromatic heterocycles. The summed E-state index contributed by atoms with van der Waals surface area (Å²) in [5, 5.41) is 0. The van der Waals surface area contributed by atoms with E-state index >= 15 is 0 Å². The van der Waals surface area contributed by atoms with E-state index in [2.05, 4.69) is 13.5 Å². The molecule has 0 radical (unpaired) electrons. The maximum absolute atomic E-state index is 4.76. The van der Waals surface area contributed by atoms with Crippen LogP contribution in [0.5, 0.6) is 0 Å². The minimum absolute atomic E-state index is 1.10. The molecule has 0 heterocycles. The topological polar surface area (TPSA) is 9.23 Å². The highest BCUT2D eigenvalue weighted by Crippen LogP contribution is 1.94. The van der Waals surface area contributed by atoms with Crippen LogP contribution in [-0.4, -0.2) is 0 Å². The van der Waals surface area contributed by atoms with Crippen molar-refractivity contribution in [2.24, 2.45) is 0 Å². The fraction of sp³-hybridized carbons (Fsp3) is 0.500. The molecule has 0 aliphatic rings. The SMILES string of the molecule is C=CO/C=C/CCCC. The van der Waals surface area contributed by atoms with Crippen molar-refractivity contribution >= 4 is 0 Å². The summed E-state index contributed by atoms with van der Waals surface area (Å²) in [4.78, 5) is 0. The molecular formula is C8H14O. The average Bonchev–Trinajstić information content (AvgIpc) is 1.89. The van der Waals surface area contributed by atoms with Crippen LogP contribution in [0.4, 0.5) is 0 Å². The molecule has 0 aliphatic carbocycles. The van der Waals surface area contributed by atoms with Crippen LogP contribution in [0.3, 0.4) is 0 Å². The van der Waals surface area contributed by atoms with Crippen molar-refractivity contribution in [3.63, 3.8) is 0 Å². The van der Waals surface area contributed by atoms with Gasteiger partial charge >= 0.3 is 0 Å². The van der Waals surface area contributed by atoms with Crippen LogP contribution in [0.2, 0.25) is 0 Å². The van der Waals surface area contributed by atoms with Crippen molar-refractivity contribution in [3.8, 4) is 0 Å². The average molecular weight is 126 g/mol. The van der Waals surface area contributed by atoms with Crippen LogP contribution >= 0.6 is 0 Å². The van der Waals surface area contributed by atoms with Gasteiger partial charge in [0.05, 0.1) is 12.5 Å². The van der Waals surface area contributed by atoms with Crippen LogP contribution in [0, 0.1) is 0 Å². The van der Waals surface area contributed by atoms with Crippen LogP contribution < -0.4 is 0 Å². The normalized spacial score (nSPS) is 9.89. The summed E-state index contributed by atoms with van der Waals surface area (Å²) in [7, 11) is 0. The van der Waals surface area contributed by atoms with Crippen LogP contribution in [0.15, 0.2) is 25.2 Å². The monoisotopic (exact) mass is 126 g/mol. The highest BCUT2D eigenvalue weighted by Gasteiger charge is 1.75. The number of hydrogen-bond donors (Lipinski definition) is 0. The van der Waals surface area contributed by atoms with E-state index in [9.17, 15) is 0 Å². The second-order valence-electron chi connectivity index (χ2n) is 1.82. The first kappa shape index (κ1) is 8.28. The summed E-state index contributed by atoms with van der Waals surface area (Å²) in [6.45, 7) is 5.57. The Bertz CT molecular complexity index is 84.6. The second kappa shape index (κ2) is 7.28. The number of unbranched alkanes of at least 4 members (excludes halogenated alkanes) is 2. The van der Waals surface area contributed by atoms with E-state index in [0.29, 0.717) is 0 Å². The molecule has 0 rings (SSSR count). The first-order chi connectivity index (χ1) is 4.41. The summed E-state index contributed by atoms with van der Waals surface area (Å²) < 4.78 is 4.76.